The van der Waals surface area contributed by atoms with Gasteiger partial charge in [-0.2, -0.15) is 5.26 Å². The predicted molar refractivity (Wildman–Crippen MR) is 425 cm³/mol. The fourth-order valence-corrected chi connectivity index (χ4v) is 15.0. The fraction of sp³-hybridized carbons (Fsp3) is 0.0851. The molecule has 4 heterocycles. The molecule has 0 unspecified atom stereocenters. The standard InChI is InChI=1S/C94H69BN6/c1-93(2,3)70-32-22-30-65(50-70)68-49-67(62-25-13-9-14-26-62)51-75(52-68)100-88-57-73(98-83-35-19-17-33-76(83)79-47-60(59-96)37-44-86(79)98)40-42-81(88)95-82-43-41-74(99-84-36-20-18-34-77(84)80-56-72(97-7)39-46-87(80)99)58-89(82)101(91-54-69(53-90(100)92(91)95)63-27-15-10-16-28-63)85-45-38-71(94(4,5)6)55-78(85)66-31-21-29-64(48-66)61-23-11-8-12-24-61/h8-58H,1-6H3/i17D,18D,19D,20D,33D,34D,35D,36D,37D,39D,44D,46D,47D,56D. The molecular formula is C94H69BN6. The molecule has 6 nitrogen and oxygen atoms in total. The van der Waals surface area contributed by atoms with Crippen LogP contribution in [0.3, 0.4) is 0 Å². The zero-order chi connectivity index (χ0) is 80.6. The summed E-state index contributed by atoms with van der Waals surface area (Å²) in [6, 6.07) is 71.3. The number of para-hydroxylation sites is 2. The van der Waals surface area contributed by atoms with E-state index in [1.54, 1.807) is 4.57 Å². The van der Waals surface area contributed by atoms with Crippen LogP contribution in [0.2, 0.25) is 0 Å². The predicted octanol–water partition coefficient (Wildman–Crippen LogP) is 23.3. The van der Waals surface area contributed by atoms with Crippen molar-refractivity contribution < 1.29 is 19.2 Å². The van der Waals surface area contributed by atoms with Crippen LogP contribution in [0.25, 0.3) is 115 Å². The van der Waals surface area contributed by atoms with Crippen LogP contribution >= 0.6 is 0 Å². The highest BCUT2D eigenvalue weighted by molar-refractivity contribution is 7.00. The van der Waals surface area contributed by atoms with Gasteiger partial charge in [0.05, 0.1) is 62.4 Å². The van der Waals surface area contributed by atoms with Gasteiger partial charge in [-0.15, -0.1) is 0 Å². The topological polar surface area (TPSA) is 44.5 Å². The van der Waals surface area contributed by atoms with Crippen molar-refractivity contribution in [3.8, 4) is 73.1 Å². The van der Waals surface area contributed by atoms with Gasteiger partial charge in [0.1, 0.15) is 0 Å². The van der Waals surface area contributed by atoms with Gasteiger partial charge in [0.15, 0.2) is 5.69 Å². The lowest BCUT2D eigenvalue weighted by Crippen LogP contribution is -2.61. The molecule has 7 heteroatoms. The summed E-state index contributed by atoms with van der Waals surface area (Å²) in [5.74, 6) is 0. The summed E-state index contributed by atoms with van der Waals surface area (Å²) in [5, 5.41) is 10.2. The summed E-state index contributed by atoms with van der Waals surface area (Å²) in [4.78, 5) is 8.07. The molecule has 0 radical (unpaired) electrons. The number of fused-ring (bicyclic) bond motifs is 10. The van der Waals surface area contributed by atoms with Crippen molar-refractivity contribution >= 4 is 107 Å². The van der Waals surface area contributed by atoms with Gasteiger partial charge in [0, 0.05) is 64.3 Å². The van der Waals surface area contributed by atoms with E-state index in [9.17, 15) is 21.7 Å². The summed E-state index contributed by atoms with van der Waals surface area (Å²) in [6.45, 7) is 20.6. The van der Waals surface area contributed by atoms with Crippen molar-refractivity contribution in [1.29, 1.82) is 5.26 Å². The number of nitriles is 1. The van der Waals surface area contributed by atoms with Crippen LogP contribution in [0.4, 0.5) is 39.8 Å². The van der Waals surface area contributed by atoms with E-state index in [0.717, 1.165) is 94.5 Å². The molecule has 18 rings (SSSR count). The van der Waals surface area contributed by atoms with E-state index in [1.165, 1.54) is 4.57 Å². The van der Waals surface area contributed by atoms with E-state index in [0.29, 0.717) is 34.1 Å². The molecule has 0 fully saturated rings. The first-order valence-electron chi connectivity index (χ1n) is 40.7. The Morgan fingerprint density at radius 3 is 1.45 bits per heavy atom. The van der Waals surface area contributed by atoms with E-state index < -0.39 is 103 Å². The van der Waals surface area contributed by atoms with E-state index in [-0.39, 0.29) is 54.4 Å². The second-order valence-corrected chi connectivity index (χ2v) is 28.0. The van der Waals surface area contributed by atoms with E-state index >= 15 is 0 Å². The van der Waals surface area contributed by atoms with Crippen LogP contribution in [0, 0.1) is 17.9 Å². The summed E-state index contributed by atoms with van der Waals surface area (Å²) in [6.07, 6.45) is 0. The Labute approximate surface area is 609 Å². The molecule has 478 valence electrons. The first-order valence-corrected chi connectivity index (χ1v) is 33.7. The monoisotopic (exact) mass is 1310 g/mol. The van der Waals surface area contributed by atoms with Gasteiger partial charge in [0.2, 0.25) is 0 Å². The van der Waals surface area contributed by atoms with Crippen LogP contribution in [-0.4, -0.2) is 15.8 Å². The maximum absolute atomic E-state index is 10.6. The minimum atomic E-state index is -0.752. The number of anilines is 6. The third-order valence-electron chi connectivity index (χ3n) is 19.9. The highest BCUT2D eigenvalue weighted by Gasteiger charge is 2.45. The third-order valence-corrected chi connectivity index (χ3v) is 19.9. The van der Waals surface area contributed by atoms with Gasteiger partial charge < -0.3 is 18.9 Å². The van der Waals surface area contributed by atoms with Crippen LogP contribution in [0.1, 0.15) is 77.4 Å². The van der Waals surface area contributed by atoms with Gasteiger partial charge >= 0.3 is 0 Å². The lowest BCUT2D eigenvalue weighted by Gasteiger charge is -2.45. The van der Waals surface area contributed by atoms with Gasteiger partial charge in [0.25, 0.3) is 6.71 Å². The summed E-state index contributed by atoms with van der Waals surface area (Å²) < 4.78 is 136. The maximum atomic E-state index is 10.6. The Balaban J connectivity index is 1.03. The fourth-order valence-electron chi connectivity index (χ4n) is 15.0. The number of rotatable bonds is 9. The molecule has 0 aliphatic carbocycles. The summed E-state index contributed by atoms with van der Waals surface area (Å²) in [7, 11) is 0. The van der Waals surface area contributed by atoms with Crippen LogP contribution < -0.4 is 26.2 Å². The average Bonchev–Trinajstić information content (AvgIpc) is 1.01. The normalized spacial score (nSPS) is 14.5. The Morgan fingerprint density at radius 2 is 0.851 bits per heavy atom. The molecule has 0 saturated carbocycles. The Morgan fingerprint density at radius 1 is 0.376 bits per heavy atom. The second-order valence-electron chi connectivity index (χ2n) is 28.0. The largest absolute Gasteiger partial charge is 0.311 e. The first-order chi connectivity index (χ1) is 55.1. The molecule has 2 aromatic heterocycles. The first kappa shape index (κ1) is 47.3. The Kier molecular flexibility index (Phi) is 11.0. The number of nitrogens with zero attached hydrogens (tertiary/aromatic N) is 6. The van der Waals surface area contributed by atoms with Gasteiger partial charge in [-0.3, -0.25) is 0 Å². The summed E-state index contributed by atoms with van der Waals surface area (Å²) in [5.41, 5.74) is 16.4. The van der Waals surface area contributed by atoms with Gasteiger partial charge in [-0.25, -0.2) is 4.85 Å². The van der Waals surface area contributed by atoms with Gasteiger partial charge in [-0.05, 0) is 209 Å². The molecule has 101 heavy (non-hydrogen) atoms. The van der Waals surface area contributed by atoms with E-state index in [2.05, 4.69) is 190 Å². The maximum Gasteiger partial charge on any atom is 0.252 e. The zero-order valence-corrected chi connectivity index (χ0v) is 56.1. The lowest BCUT2D eigenvalue weighted by molar-refractivity contribution is 0.590. The number of benzene rings is 14. The van der Waals surface area contributed by atoms with Crippen LogP contribution in [0.15, 0.2) is 309 Å². The molecule has 2 aliphatic rings. The quantitative estimate of drug-likeness (QED) is 0.107. The van der Waals surface area contributed by atoms with Crippen molar-refractivity contribution in [3.05, 3.63) is 337 Å². The highest BCUT2D eigenvalue weighted by atomic mass is 15.2. The molecule has 0 atom stereocenters. The van der Waals surface area contributed by atoms with Gasteiger partial charge in [-0.1, -0.05) is 235 Å². The van der Waals surface area contributed by atoms with Crippen LogP contribution in [-0.2, 0) is 10.8 Å². The average molecular weight is 1310 g/mol. The van der Waals surface area contributed by atoms with Crippen LogP contribution in [0.5, 0.6) is 0 Å². The molecular weight excluding hydrogens is 1220 g/mol. The molecule has 0 amide bonds. The molecule has 0 N–H and O–H groups in total. The number of hydrogen-bond acceptors (Lipinski definition) is 3. The van der Waals surface area contributed by atoms with Crippen molar-refractivity contribution in [3.63, 3.8) is 0 Å². The SMILES string of the molecule is [2H]c1c([2H])c([2H])c2c(c1[2H])c1c([2H])c(C#N)c([2H])c([2H])c1n2-c1ccc2c(c1)N(c1cc(-c3ccccc3)cc(-c3cccc(C(C)(C)C)c3)c1)c1cc(-c3ccccc3)cc3c1B2c1ccc(-n2c4c([2H])c([2H])c([2H])c([2H])c4c4c([2H])c([N+]#[C-])c([2H])c([2H])c42)cc1N3c1ccc(C(C)(C)C)cc1-c1cccc(-c2ccccc2)c1. The molecule has 16 aromatic rings. The highest BCUT2D eigenvalue weighted by Crippen LogP contribution is 2.52. The zero-order valence-electron chi connectivity index (χ0n) is 70.1. The van der Waals surface area contributed by atoms with Crippen molar-refractivity contribution in [2.75, 3.05) is 9.80 Å². The minimum absolute atomic E-state index is 0.0630. The Bertz CT molecular complexity index is 7030. The number of hydrogen-bond donors (Lipinski definition) is 0. The molecule has 2 aliphatic heterocycles. The third kappa shape index (κ3) is 10.1. The lowest BCUT2D eigenvalue weighted by atomic mass is 9.33. The second kappa shape index (κ2) is 23.5. The van der Waals surface area contributed by atoms with Crippen molar-refractivity contribution in [2.45, 2.75) is 52.4 Å². The minimum Gasteiger partial charge on any atom is -0.311 e. The Hall–Kier alpha value is -12.7. The molecule has 14 aromatic carbocycles. The molecule has 0 bridgehead atoms. The van der Waals surface area contributed by atoms with E-state index in [1.807, 2.05) is 97.1 Å². The summed E-state index contributed by atoms with van der Waals surface area (Å²) >= 11 is 0. The molecule has 0 spiro atoms. The number of aromatic nitrogens is 2. The van der Waals surface area contributed by atoms with Crippen molar-refractivity contribution in [2.24, 2.45) is 0 Å². The smallest absolute Gasteiger partial charge is 0.252 e. The molecule has 0 saturated heterocycles. The van der Waals surface area contributed by atoms with E-state index in [4.69, 9.17) is 9.31 Å². The van der Waals surface area contributed by atoms with Crippen molar-refractivity contribution in [1.82, 2.24) is 9.13 Å².